The molecule has 0 unspecified atom stereocenters. The third-order valence-corrected chi connectivity index (χ3v) is 3.57. The molecule has 3 nitrogen and oxygen atoms in total. The SMILES string of the molecule is Cc1ccc(Cl)cc1NC(=O)c1c[nH]c2cc(F)ccc12. The zero-order valence-electron chi connectivity index (χ0n) is 11.2. The summed E-state index contributed by atoms with van der Waals surface area (Å²) in [4.78, 5) is 15.3. The Morgan fingerprint density at radius 2 is 2.05 bits per heavy atom. The minimum absolute atomic E-state index is 0.266. The second-order valence-corrected chi connectivity index (χ2v) is 5.24. The van der Waals surface area contributed by atoms with E-state index in [1.165, 1.54) is 12.1 Å². The molecule has 1 heterocycles. The van der Waals surface area contributed by atoms with Crippen LogP contribution < -0.4 is 5.32 Å². The highest BCUT2D eigenvalue weighted by Gasteiger charge is 2.13. The second kappa shape index (κ2) is 5.22. The summed E-state index contributed by atoms with van der Waals surface area (Å²) in [5.41, 5.74) is 2.62. The minimum atomic E-state index is -0.345. The Balaban J connectivity index is 1.95. The topological polar surface area (TPSA) is 44.9 Å². The number of hydrogen-bond acceptors (Lipinski definition) is 1. The van der Waals surface area contributed by atoms with Gasteiger partial charge < -0.3 is 10.3 Å². The maximum absolute atomic E-state index is 13.2. The number of rotatable bonds is 2. The van der Waals surface area contributed by atoms with Crippen molar-refractivity contribution in [3.8, 4) is 0 Å². The van der Waals surface area contributed by atoms with E-state index in [9.17, 15) is 9.18 Å². The Bertz CT molecular complexity index is 841. The lowest BCUT2D eigenvalue weighted by molar-refractivity contribution is 0.102. The summed E-state index contributed by atoms with van der Waals surface area (Å²) < 4.78 is 13.2. The van der Waals surface area contributed by atoms with Gasteiger partial charge in [0.1, 0.15) is 5.82 Å². The highest BCUT2D eigenvalue weighted by molar-refractivity contribution is 6.31. The number of halogens is 2. The molecular formula is C16H12ClFN2O. The second-order valence-electron chi connectivity index (χ2n) is 4.81. The van der Waals surface area contributed by atoms with E-state index in [0.29, 0.717) is 27.2 Å². The monoisotopic (exact) mass is 302 g/mol. The van der Waals surface area contributed by atoms with Crippen molar-refractivity contribution in [2.24, 2.45) is 0 Å². The van der Waals surface area contributed by atoms with Gasteiger partial charge in [-0.25, -0.2) is 4.39 Å². The summed E-state index contributed by atoms with van der Waals surface area (Å²) in [6, 6.07) is 9.57. The molecule has 3 rings (SSSR count). The Hall–Kier alpha value is -2.33. The number of carbonyl (C=O) groups excluding carboxylic acids is 1. The normalized spacial score (nSPS) is 10.8. The first-order valence-electron chi connectivity index (χ1n) is 6.39. The summed E-state index contributed by atoms with van der Waals surface area (Å²) in [5.74, 6) is -0.611. The van der Waals surface area contributed by atoms with Crippen LogP contribution in [-0.4, -0.2) is 10.9 Å². The van der Waals surface area contributed by atoms with Crippen molar-refractivity contribution in [2.75, 3.05) is 5.32 Å². The largest absolute Gasteiger partial charge is 0.360 e. The van der Waals surface area contributed by atoms with Gasteiger partial charge >= 0.3 is 0 Å². The molecule has 21 heavy (non-hydrogen) atoms. The van der Waals surface area contributed by atoms with Crippen LogP contribution in [0.2, 0.25) is 5.02 Å². The van der Waals surface area contributed by atoms with Gasteiger partial charge in [-0.2, -0.15) is 0 Å². The zero-order valence-corrected chi connectivity index (χ0v) is 12.0. The molecule has 0 saturated carbocycles. The number of H-pyrrole nitrogens is 1. The number of aryl methyl sites for hydroxylation is 1. The molecule has 0 bridgehead atoms. The van der Waals surface area contributed by atoms with E-state index < -0.39 is 0 Å². The van der Waals surface area contributed by atoms with E-state index in [0.717, 1.165) is 5.56 Å². The highest BCUT2D eigenvalue weighted by atomic mass is 35.5. The molecule has 0 atom stereocenters. The van der Waals surface area contributed by atoms with E-state index in [1.54, 1.807) is 24.4 Å². The molecule has 0 aliphatic carbocycles. The number of hydrogen-bond donors (Lipinski definition) is 2. The number of aromatic nitrogens is 1. The van der Waals surface area contributed by atoms with Gasteiger partial charge in [0.05, 0.1) is 5.56 Å². The van der Waals surface area contributed by atoms with Crippen LogP contribution in [0, 0.1) is 12.7 Å². The number of anilines is 1. The first-order valence-corrected chi connectivity index (χ1v) is 6.76. The quantitative estimate of drug-likeness (QED) is 0.718. The van der Waals surface area contributed by atoms with Gasteiger partial charge in [-0.1, -0.05) is 17.7 Å². The van der Waals surface area contributed by atoms with Crippen molar-refractivity contribution in [3.05, 3.63) is 64.6 Å². The van der Waals surface area contributed by atoms with Crippen molar-refractivity contribution in [1.82, 2.24) is 4.98 Å². The molecular weight excluding hydrogens is 291 g/mol. The Morgan fingerprint density at radius 1 is 1.24 bits per heavy atom. The van der Waals surface area contributed by atoms with Gasteiger partial charge in [0, 0.05) is 27.8 Å². The van der Waals surface area contributed by atoms with Crippen molar-refractivity contribution >= 4 is 34.1 Å². The molecule has 0 aliphatic heterocycles. The maximum atomic E-state index is 13.2. The third kappa shape index (κ3) is 2.62. The highest BCUT2D eigenvalue weighted by Crippen LogP contribution is 2.23. The molecule has 3 aromatic rings. The predicted molar refractivity (Wildman–Crippen MR) is 82.4 cm³/mol. The van der Waals surface area contributed by atoms with Crippen molar-refractivity contribution in [1.29, 1.82) is 0 Å². The molecule has 2 N–H and O–H groups in total. The molecule has 106 valence electrons. The van der Waals surface area contributed by atoms with Crippen LogP contribution in [-0.2, 0) is 0 Å². The standard InChI is InChI=1S/C16H12ClFN2O/c1-9-2-3-10(17)6-14(9)20-16(21)13-8-19-15-7-11(18)4-5-12(13)15/h2-8,19H,1H3,(H,20,21). The minimum Gasteiger partial charge on any atom is -0.360 e. The van der Waals surface area contributed by atoms with Gasteiger partial charge in [0.15, 0.2) is 0 Å². The van der Waals surface area contributed by atoms with Gasteiger partial charge in [0.25, 0.3) is 5.91 Å². The van der Waals surface area contributed by atoms with Crippen LogP contribution in [0.5, 0.6) is 0 Å². The molecule has 0 fully saturated rings. The van der Waals surface area contributed by atoms with E-state index in [4.69, 9.17) is 11.6 Å². The number of aromatic amines is 1. The summed E-state index contributed by atoms with van der Waals surface area (Å²) in [5, 5.41) is 4.05. The molecule has 5 heteroatoms. The first kappa shape index (κ1) is 13.6. The fraction of sp³-hybridized carbons (Fsp3) is 0.0625. The number of carbonyl (C=O) groups is 1. The molecule has 0 saturated heterocycles. The fourth-order valence-corrected chi connectivity index (χ4v) is 2.38. The van der Waals surface area contributed by atoms with Crippen LogP contribution >= 0.6 is 11.6 Å². The lowest BCUT2D eigenvalue weighted by Crippen LogP contribution is -2.12. The van der Waals surface area contributed by atoms with E-state index in [-0.39, 0.29) is 11.7 Å². The molecule has 2 aromatic carbocycles. The maximum Gasteiger partial charge on any atom is 0.257 e. The molecule has 0 spiro atoms. The number of nitrogens with one attached hydrogen (secondary N) is 2. The van der Waals surface area contributed by atoms with Crippen LogP contribution in [0.15, 0.2) is 42.6 Å². The lowest BCUT2D eigenvalue weighted by atomic mass is 10.1. The van der Waals surface area contributed by atoms with Gasteiger partial charge in [-0.05, 0) is 42.8 Å². The number of benzene rings is 2. The zero-order chi connectivity index (χ0) is 15.0. The Morgan fingerprint density at radius 3 is 2.86 bits per heavy atom. The van der Waals surface area contributed by atoms with Crippen LogP contribution in [0.25, 0.3) is 10.9 Å². The van der Waals surface area contributed by atoms with Gasteiger partial charge in [0.2, 0.25) is 0 Å². The van der Waals surface area contributed by atoms with E-state index in [1.807, 2.05) is 13.0 Å². The smallest absolute Gasteiger partial charge is 0.257 e. The van der Waals surface area contributed by atoms with Crippen LogP contribution in [0.4, 0.5) is 10.1 Å². The lowest BCUT2D eigenvalue weighted by Gasteiger charge is -2.08. The van der Waals surface area contributed by atoms with E-state index in [2.05, 4.69) is 10.3 Å². The molecule has 0 radical (unpaired) electrons. The molecule has 1 amide bonds. The van der Waals surface area contributed by atoms with Gasteiger partial charge in [-0.3, -0.25) is 4.79 Å². The fourth-order valence-electron chi connectivity index (χ4n) is 2.20. The van der Waals surface area contributed by atoms with Crippen molar-refractivity contribution in [3.63, 3.8) is 0 Å². The number of amides is 1. The average molecular weight is 303 g/mol. The van der Waals surface area contributed by atoms with Crippen LogP contribution in [0.3, 0.4) is 0 Å². The summed E-state index contributed by atoms with van der Waals surface area (Å²) >= 11 is 5.94. The van der Waals surface area contributed by atoms with Crippen LogP contribution in [0.1, 0.15) is 15.9 Å². The Kier molecular flexibility index (Phi) is 3.39. The molecule has 1 aromatic heterocycles. The number of fused-ring (bicyclic) bond motifs is 1. The average Bonchev–Trinajstić information content (AvgIpc) is 2.85. The first-order chi connectivity index (χ1) is 10.0. The molecule has 0 aliphatic rings. The summed E-state index contributed by atoms with van der Waals surface area (Å²) in [6.07, 6.45) is 1.57. The summed E-state index contributed by atoms with van der Waals surface area (Å²) in [7, 11) is 0. The third-order valence-electron chi connectivity index (χ3n) is 3.34. The van der Waals surface area contributed by atoms with Crippen molar-refractivity contribution in [2.45, 2.75) is 6.92 Å². The predicted octanol–water partition coefficient (Wildman–Crippen LogP) is 4.52. The summed E-state index contributed by atoms with van der Waals surface area (Å²) in [6.45, 7) is 1.89. The van der Waals surface area contributed by atoms with E-state index >= 15 is 0 Å². The van der Waals surface area contributed by atoms with Crippen molar-refractivity contribution < 1.29 is 9.18 Å². The van der Waals surface area contributed by atoms with Gasteiger partial charge in [-0.15, -0.1) is 0 Å². The Labute approximate surface area is 125 Å².